The van der Waals surface area contributed by atoms with Gasteiger partial charge in [-0.15, -0.1) is 0 Å². The number of aromatic nitrogens is 3. The number of H-pyrrole nitrogens is 1. The Morgan fingerprint density at radius 1 is 1.03 bits per heavy atom. The van der Waals surface area contributed by atoms with Crippen LogP contribution in [0.2, 0.25) is 0 Å². The molecule has 150 valence electrons. The molecular weight excluding hydrogens is 372 g/mol. The third kappa shape index (κ3) is 3.56. The number of nitrogens with zero attached hydrogens (tertiary/aromatic N) is 2. The van der Waals surface area contributed by atoms with Crippen molar-refractivity contribution in [1.29, 1.82) is 0 Å². The van der Waals surface area contributed by atoms with Gasteiger partial charge in [0.1, 0.15) is 17.3 Å². The van der Waals surface area contributed by atoms with Crippen molar-refractivity contribution in [3.63, 3.8) is 0 Å². The van der Waals surface area contributed by atoms with Crippen molar-refractivity contribution < 1.29 is 14.6 Å². The average Bonchev–Trinajstić information content (AvgIpc) is 2.69. The minimum absolute atomic E-state index is 0.0156. The van der Waals surface area contributed by atoms with Crippen LogP contribution in [0.15, 0.2) is 23.1 Å². The van der Waals surface area contributed by atoms with E-state index in [1.165, 1.54) is 18.3 Å². The van der Waals surface area contributed by atoms with Gasteiger partial charge in [-0.05, 0) is 74.6 Å². The summed E-state index contributed by atoms with van der Waals surface area (Å²) in [6.07, 6.45) is 1.36. The van der Waals surface area contributed by atoms with Gasteiger partial charge in [0.05, 0.1) is 0 Å². The minimum Gasteiger partial charge on any atom is -0.490 e. The van der Waals surface area contributed by atoms with E-state index in [2.05, 4.69) is 15.0 Å². The van der Waals surface area contributed by atoms with Crippen LogP contribution >= 0.6 is 0 Å². The molecule has 3 aromatic rings. The van der Waals surface area contributed by atoms with E-state index < -0.39 is 17.3 Å². The van der Waals surface area contributed by atoms with Crippen LogP contribution in [0, 0.1) is 34.6 Å². The van der Waals surface area contributed by atoms with Gasteiger partial charge in [-0.3, -0.25) is 14.6 Å². The Labute approximate surface area is 167 Å². The van der Waals surface area contributed by atoms with Crippen molar-refractivity contribution >= 4 is 5.91 Å². The molecule has 2 heterocycles. The molecule has 0 spiro atoms. The van der Waals surface area contributed by atoms with Gasteiger partial charge < -0.3 is 20.6 Å². The minimum atomic E-state index is -0.713. The highest BCUT2D eigenvalue weighted by Gasteiger charge is 2.20. The van der Waals surface area contributed by atoms with E-state index in [1.54, 1.807) is 0 Å². The van der Waals surface area contributed by atoms with E-state index in [0.29, 0.717) is 11.3 Å². The van der Waals surface area contributed by atoms with E-state index in [-0.39, 0.29) is 17.3 Å². The van der Waals surface area contributed by atoms with Gasteiger partial charge in [0, 0.05) is 11.8 Å². The molecule has 8 nitrogen and oxygen atoms in total. The highest BCUT2D eigenvalue weighted by atomic mass is 16.5. The molecule has 0 radical (unpaired) electrons. The lowest BCUT2D eigenvalue weighted by atomic mass is 9.94. The standard InChI is InChI=1S/C21H22N4O4/c1-9-10(2)12(4)16(13(5)11(9)3)29-17-20(27)24-19(25-21(17)28)14-6-7-23-15(8-14)18(22)26/h6-8H,1-5H3,(H2,22,26)(H2,24,25,27,28). The number of nitrogens with one attached hydrogen (secondary N) is 1. The number of nitrogens with two attached hydrogens (primary N) is 1. The fraction of sp³-hybridized carbons (Fsp3) is 0.238. The number of benzene rings is 1. The highest BCUT2D eigenvalue weighted by molar-refractivity contribution is 5.91. The van der Waals surface area contributed by atoms with Crippen LogP contribution in [0.5, 0.6) is 17.4 Å². The molecule has 0 fully saturated rings. The van der Waals surface area contributed by atoms with Crippen molar-refractivity contribution in [2.75, 3.05) is 0 Å². The summed E-state index contributed by atoms with van der Waals surface area (Å²) in [5, 5.41) is 10.4. The summed E-state index contributed by atoms with van der Waals surface area (Å²) in [6.45, 7) is 9.80. The molecule has 2 aromatic heterocycles. The predicted molar refractivity (Wildman–Crippen MR) is 108 cm³/mol. The van der Waals surface area contributed by atoms with Gasteiger partial charge in [-0.2, -0.15) is 4.98 Å². The smallest absolute Gasteiger partial charge is 0.298 e. The van der Waals surface area contributed by atoms with Crippen LogP contribution < -0.4 is 16.0 Å². The topological polar surface area (TPSA) is 131 Å². The van der Waals surface area contributed by atoms with Gasteiger partial charge in [-0.25, -0.2) is 0 Å². The molecule has 3 rings (SSSR count). The first-order valence-corrected chi connectivity index (χ1v) is 8.96. The highest BCUT2D eigenvalue weighted by Crippen LogP contribution is 2.36. The zero-order valence-electron chi connectivity index (χ0n) is 16.9. The third-order valence-electron chi connectivity index (χ3n) is 5.28. The lowest BCUT2D eigenvalue weighted by Crippen LogP contribution is -2.14. The number of hydrogen-bond acceptors (Lipinski definition) is 6. The summed E-state index contributed by atoms with van der Waals surface area (Å²) in [5.41, 5.74) is 10.0. The van der Waals surface area contributed by atoms with Crippen LogP contribution in [-0.2, 0) is 0 Å². The maximum atomic E-state index is 12.6. The molecule has 0 atom stereocenters. The number of primary amides is 1. The second kappa shape index (κ2) is 7.38. The van der Waals surface area contributed by atoms with Crippen molar-refractivity contribution in [3.8, 4) is 28.8 Å². The zero-order valence-corrected chi connectivity index (χ0v) is 16.9. The Morgan fingerprint density at radius 3 is 2.17 bits per heavy atom. The molecule has 0 aliphatic heterocycles. The van der Waals surface area contributed by atoms with Crippen molar-refractivity contribution in [2.45, 2.75) is 34.6 Å². The monoisotopic (exact) mass is 394 g/mol. The van der Waals surface area contributed by atoms with Crippen LogP contribution in [0.3, 0.4) is 0 Å². The van der Waals surface area contributed by atoms with E-state index in [9.17, 15) is 14.7 Å². The van der Waals surface area contributed by atoms with E-state index in [1.807, 2.05) is 34.6 Å². The van der Waals surface area contributed by atoms with Crippen LogP contribution in [0.4, 0.5) is 0 Å². The lowest BCUT2D eigenvalue weighted by molar-refractivity contribution is 0.0995. The fourth-order valence-electron chi connectivity index (χ4n) is 3.11. The Kier molecular flexibility index (Phi) is 5.11. The molecule has 1 amide bonds. The average molecular weight is 394 g/mol. The summed E-state index contributed by atoms with van der Waals surface area (Å²) in [5.74, 6) is -0.993. The second-order valence-electron chi connectivity index (χ2n) is 6.92. The lowest BCUT2D eigenvalue weighted by Gasteiger charge is -2.18. The van der Waals surface area contributed by atoms with Crippen LogP contribution in [-0.4, -0.2) is 26.0 Å². The van der Waals surface area contributed by atoms with Gasteiger partial charge in [0.15, 0.2) is 0 Å². The quantitative estimate of drug-likeness (QED) is 0.623. The molecule has 0 aliphatic rings. The Bertz CT molecular complexity index is 1170. The molecule has 4 N–H and O–H groups in total. The van der Waals surface area contributed by atoms with Crippen molar-refractivity contribution in [3.05, 3.63) is 62.2 Å². The number of carbonyl (C=O) groups excluding carboxylic acids is 1. The molecule has 0 unspecified atom stereocenters. The van der Waals surface area contributed by atoms with Crippen molar-refractivity contribution in [2.24, 2.45) is 5.73 Å². The van der Waals surface area contributed by atoms with Crippen LogP contribution in [0.25, 0.3) is 11.4 Å². The number of ether oxygens (including phenoxy) is 1. The van der Waals surface area contributed by atoms with Crippen molar-refractivity contribution in [1.82, 2.24) is 15.0 Å². The van der Waals surface area contributed by atoms with E-state index in [0.717, 1.165) is 27.8 Å². The number of rotatable bonds is 4. The first-order valence-electron chi connectivity index (χ1n) is 8.96. The molecule has 0 saturated heterocycles. The summed E-state index contributed by atoms with van der Waals surface area (Å²) in [7, 11) is 0. The SMILES string of the molecule is Cc1c(C)c(C)c(Oc2c(O)nc(-c3ccnc(C(N)=O)c3)[nH]c2=O)c(C)c1C. The molecule has 29 heavy (non-hydrogen) atoms. The van der Waals surface area contributed by atoms with Gasteiger partial charge in [0.2, 0.25) is 0 Å². The summed E-state index contributed by atoms with van der Waals surface area (Å²) in [4.78, 5) is 34.4. The maximum absolute atomic E-state index is 12.6. The number of pyridine rings is 1. The maximum Gasteiger partial charge on any atom is 0.298 e. The van der Waals surface area contributed by atoms with Gasteiger partial charge >= 0.3 is 0 Å². The molecule has 0 saturated carbocycles. The molecule has 8 heteroatoms. The normalized spacial score (nSPS) is 10.8. The molecule has 1 aromatic carbocycles. The molecular formula is C21H22N4O4. The summed E-state index contributed by atoms with van der Waals surface area (Å²) >= 11 is 0. The van der Waals surface area contributed by atoms with Gasteiger partial charge in [-0.1, -0.05) is 0 Å². The number of aromatic amines is 1. The first kappa shape index (κ1) is 20.1. The van der Waals surface area contributed by atoms with Gasteiger partial charge in [0.25, 0.3) is 23.1 Å². The number of hydrogen-bond donors (Lipinski definition) is 3. The van der Waals surface area contributed by atoms with E-state index in [4.69, 9.17) is 10.5 Å². The molecule has 0 aliphatic carbocycles. The number of aromatic hydroxyl groups is 1. The third-order valence-corrected chi connectivity index (χ3v) is 5.28. The van der Waals surface area contributed by atoms with Crippen LogP contribution in [0.1, 0.15) is 38.3 Å². The second-order valence-corrected chi connectivity index (χ2v) is 6.92. The van der Waals surface area contributed by atoms with E-state index >= 15 is 0 Å². The Balaban J connectivity index is 2.08. The summed E-state index contributed by atoms with van der Waals surface area (Å²) in [6, 6.07) is 2.91. The first-order chi connectivity index (χ1) is 13.6. The Morgan fingerprint density at radius 2 is 1.62 bits per heavy atom. The fourth-order valence-corrected chi connectivity index (χ4v) is 3.11. The molecule has 0 bridgehead atoms. The predicted octanol–water partition coefficient (Wildman–Crippen LogP) is 2.97. The summed E-state index contributed by atoms with van der Waals surface area (Å²) < 4.78 is 5.83. The Hall–Kier alpha value is -3.68. The number of carbonyl (C=O) groups is 1. The zero-order chi connectivity index (χ0) is 21.5. The largest absolute Gasteiger partial charge is 0.490 e. The number of amides is 1.